The van der Waals surface area contributed by atoms with Gasteiger partial charge in [-0.15, -0.1) is 21.5 Å². The number of aryl methyl sites for hydroxylation is 1. The van der Waals surface area contributed by atoms with Crippen molar-refractivity contribution in [1.29, 1.82) is 0 Å². The lowest BCUT2D eigenvalue weighted by molar-refractivity contribution is 0.266. The number of aliphatic hydroxyl groups is 1. The molecule has 1 unspecified atom stereocenters. The van der Waals surface area contributed by atoms with E-state index in [1.165, 1.54) is 29.5 Å². The van der Waals surface area contributed by atoms with Crippen LogP contribution in [0.4, 0.5) is 8.78 Å². The van der Waals surface area contributed by atoms with E-state index in [1.807, 2.05) is 11.5 Å². The lowest BCUT2D eigenvalue weighted by Crippen LogP contribution is -2.12. The average Bonchev–Trinajstić information content (AvgIpc) is 3.28. The van der Waals surface area contributed by atoms with Crippen LogP contribution in [0.15, 0.2) is 23.2 Å². The maximum absolute atomic E-state index is 14.6. The molecule has 0 saturated carbocycles. The largest absolute Gasteiger partial charge is 0.396 e. The van der Waals surface area contributed by atoms with Crippen molar-refractivity contribution in [3.05, 3.63) is 63.0 Å². The topological polar surface area (TPSA) is 63.3 Å². The minimum absolute atomic E-state index is 0.0453. The molecule has 0 saturated heterocycles. The second-order valence-electron chi connectivity index (χ2n) is 6.80. The van der Waals surface area contributed by atoms with Crippen molar-refractivity contribution >= 4 is 17.0 Å². The SMILES string of the molecule is Cc1nnc2n1-c1sc3c(c1C(c1c(F)cccc1F)=NC2)CCC3CO. The minimum Gasteiger partial charge on any atom is -0.396 e. The average molecular weight is 386 g/mol. The highest BCUT2D eigenvalue weighted by Crippen LogP contribution is 2.46. The van der Waals surface area contributed by atoms with Crippen LogP contribution in [0.3, 0.4) is 0 Å². The monoisotopic (exact) mass is 386 g/mol. The van der Waals surface area contributed by atoms with Gasteiger partial charge in [0.2, 0.25) is 0 Å². The summed E-state index contributed by atoms with van der Waals surface area (Å²) in [6.07, 6.45) is 1.57. The van der Waals surface area contributed by atoms with E-state index in [0.717, 1.165) is 33.8 Å². The summed E-state index contributed by atoms with van der Waals surface area (Å²) < 4.78 is 31.1. The van der Waals surface area contributed by atoms with Crippen molar-refractivity contribution in [2.45, 2.75) is 32.2 Å². The standard InChI is InChI=1S/C19H16F2N4OS/c1-9-23-24-14-7-22-17(16-12(20)3-2-4-13(16)21)15-11-6-5-10(8-26)18(11)27-19(15)25(9)14/h2-4,10,26H,5-8H2,1H3. The number of thiophene rings is 1. The van der Waals surface area contributed by atoms with E-state index < -0.39 is 11.6 Å². The van der Waals surface area contributed by atoms with Crippen LogP contribution in [0.25, 0.3) is 5.00 Å². The Hall–Kier alpha value is -2.45. The van der Waals surface area contributed by atoms with Gasteiger partial charge in [-0.25, -0.2) is 8.78 Å². The number of benzene rings is 1. The van der Waals surface area contributed by atoms with Crippen LogP contribution in [0, 0.1) is 18.6 Å². The Labute approximate surface area is 158 Å². The fourth-order valence-electron chi connectivity index (χ4n) is 4.00. The Morgan fingerprint density at radius 3 is 2.74 bits per heavy atom. The maximum Gasteiger partial charge on any atom is 0.160 e. The van der Waals surface area contributed by atoms with Gasteiger partial charge in [-0.2, -0.15) is 0 Å². The van der Waals surface area contributed by atoms with Crippen LogP contribution in [-0.2, 0) is 13.0 Å². The fourth-order valence-corrected chi connectivity index (χ4v) is 5.55. The summed E-state index contributed by atoms with van der Waals surface area (Å²) in [6, 6.07) is 3.85. The molecule has 2 aromatic heterocycles. The molecule has 138 valence electrons. The quantitative estimate of drug-likeness (QED) is 0.735. The molecule has 0 fully saturated rings. The second kappa shape index (κ2) is 6.03. The molecule has 1 atom stereocenters. The van der Waals surface area contributed by atoms with E-state index in [2.05, 4.69) is 15.2 Å². The first-order chi connectivity index (χ1) is 13.1. The van der Waals surface area contributed by atoms with Gasteiger partial charge in [-0.05, 0) is 37.5 Å². The lowest BCUT2D eigenvalue weighted by Gasteiger charge is -2.11. The molecule has 27 heavy (non-hydrogen) atoms. The molecule has 0 bridgehead atoms. The molecule has 3 aromatic rings. The van der Waals surface area contributed by atoms with Crippen molar-refractivity contribution in [3.8, 4) is 5.00 Å². The Kier molecular flexibility index (Phi) is 3.73. The van der Waals surface area contributed by atoms with Crippen molar-refractivity contribution in [2.24, 2.45) is 4.99 Å². The van der Waals surface area contributed by atoms with E-state index in [1.54, 1.807) is 0 Å². The second-order valence-corrected chi connectivity index (χ2v) is 7.83. The first-order valence-corrected chi connectivity index (χ1v) is 9.58. The van der Waals surface area contributed by atoms with Gasteiger partial charge in [0.05, 0.1) is 17.9 Å². The van der Waals surface area contributed by atoms with Gasteiger partial charge >= 0.3 is 0 Å². The van der Waals surface area contributed by atoms with Crippen molar-refractivity contribution in [2.75, 3.05) is 6.61 Å². The lowest BCUT2D eigenvalue weighted by atomic mass is 9.98. The third-order valence-electron chi connectivity index (χ3n) is 5.26. The number of hydrogen-bond acceptors (Lipinski definition) is 5. The van der Waals surface area contributed by atoms with Gasteiger partial charge in [0, 0.05) is 16.4 Å². The Bertz CT molecular complexity index is 1080. The molecule has 1 aliphatic heterocycles. The predicted molar refractivity (Wildman–Crippen MR) is 97.8 cm³/mol. The number of fused-ring (bicyclic) bond motifs is 5. The number of aliphatic hydroxyl groups excluding tert-OH is 1. The normalized spacial score (nSPS) is 17.9. The summed E-state index contributed by atoms with van der Waals surface area (Å²) >= 11 is 1.54. The molecule has 8 heteroatoms. The first-order valence-electron chi connectivity index (χ1n) is 8.77. The van der Waals surface area contributed by atoms with E-state index >= 15 is 0 Å². The number of rotatable bonds is 2. The highest BCUT2D eigenvalue weighted by atomic mass is 32.1. The Morgan fingerprint density at radius 1 is 1.22 bits per heavy atom. The van der Waals surface area contributed by atoms with Gasteiger partial charge in [-0.1, -0.05) is 6.07 Å². The molecule has 2 aliphatic rings. The summed E-state index contributed by atoms with van der Waals surface area (Å²) in [7, 11) is 0. The molecule has 1 N–H and O–H groups in total. The van der Waals surface area contributed by atoms with Gasteiger partial charge in [0.15, 0.2) is 5.82 Å². The first kappa shape index (κ1) is 16.7. The smallest absolute Gasteiger partial charge is 0.160 e. The van der Waals surface area contributed by atoms with Crippen LogP contribution in [0.5, 0.6) is 0 Å². The fraction of sp³-hybridized carbons (Fsp3) is 0.316. The maximum atomic E-state index is 14.6. The number of halogens is 2. The predicted octanol–water partition coefficient (Wildman–Crippen LogP) is 3.29. The molecule has 3 heterocycles. The highest BCUT2D eigenvalue weighted by molar-refractivity contribution is 7.15. The summed E-state index contributed by atoms with van der Waals surface area (Å²) in [5.41, 5.74) is 1.98. The molecule has 0 spiro atoms. The molecule has 1 aliphatic carbocycles. The van der Waals surface area contributed by atoms with E-state index in [0.29, 0.717) is 17.4 Å². The Morgan fingerprint density at radius 2 is 2.00 bits per heavy atom. The number of aromatic nitrogens is 3. The van der Waals surface area contributed by atoms with Crippen LogP contribution in [0.2, 0.25) is 0 Å². The summed E-state index contributed by atoms with van der Waals surface area (Å²) in [6.45, 7) is 2.10. The summed E-state index contributed by atoms with van der Waals surface area (Å²) in [4.78, 5) is 5.63. The molecule has 0 radical (unpaired) electrons. The van der Waals surface area contributed by atoms with Gasteiger partial charge in [0.1, 0.15) is 29.0 Å². The third-order valence-corrected chi connectivity index (χ3v) is 6.64. The van der Waals surface area contributed by atoms with Gasteiger partial charge in [-0.3, -0.25) is 9.56 Å². The molecule has 5 rings (SSSR count). The molecule has 1 aromatic carbocycles. The minimum atomic E-state index is -0.634. The molecular weight excluding hydrogens is 370 g/mol. The number of aliphatic imine (C=N–C) groups is 1. The Balaban J connectivity index is 1.83. The zero-order chi connectivity index (χ0) is 18.7. The van der Waals surface area contributed by atoms with Crippen molar-refractivity contribution in [1.82, 2.24) is 14.8 Å². The molecule has 0 amide bonds. The third kappa shape index (κ3) is 2.33. The zero-order valence-corrected chi connectivity index (χ0v) is 15.4. The summed E-state index contributed by atoms with van der Waals surface area (Å²) in [5, 5.41) is 18.9. The number of hydrogen-bond donors (Lipinski definition) is 1. The van der Waals surface area contributed by atoms with Crippen LogP contribution in [0.1, 0.15) is 45.6 Å². The van der Waals surface area contributed by atoms with E-state index in [4.69, 9.17) is 0 Å². The number of nitrogens with zero attached hydrogens (tertiary/aromatic N) is 4. The van der Waals surface area contributed by atoms with Gasteiger partial charge in [0.25, 0.3) is 0 Å². The van der Waals surface area contributed by atoms with Gasteiger partial charge < -0.3 is 5.11 Å². The van der Waals surface area contributed by atoms with E-state index in [-0.39, 0.29) is 24.6 Å². The highest BCUT2D eigenvalue weighted by Gasteiger charge is 2.35. The van der Waals surface area contributed by atoms with Crippen LogP contribution < -0.4 is 0 Å². The summed E-state index contributed by atoms with van der Waals surface area (Å²) in [5.74, 6) is 0.124. The molecular formula is C19H16F2N4OS. The van der Waals surface area contributed by atoms with Crippen molar-refractivity contribution in [3.63, 3.8) is 0 Å². The van der Waals surface area contributed by atoms with Crippen LogP contribution in [-0.4, -0.2) is 32.2 Å². The zero-order valence-electron chi connectivity index (χ0n) is 14.5. The van der Waals surface area contributed by atoms with Crippen LogP contribution >= 0.6 is 11.3 Å². The van der Waals surface area contributed by atoms with E-state index in [9.17, 15) is 13.9 Å². The molecule has 5 nitrogen and oxygen atoms in total. The van der Waals surface area contributed by atoms with Crippen molar-refractivity contribution < 1.29 is 13.9 Å².